The van der Waals surface area contributed by atoms with Crippen LogP contribution >= 0.6 is 0 Å². The van der Waals surface area contributed by atoms with Crippen LogP contribution in [0, 0.1) is 12.8 Å². The Hall–Kier alpha value is -2.04. The van der Waals surface area contributed by atoms with Gasteiger partial charge in [0.05, 0.1) is 7.11 Å². The van der Waals surface area contributed by atoms with Gasteiger partial charge in [-0.05, 0) is 43.4 Å². The molecule has 1 aromatic rings. The number of methoxy groups -OCH3 is 1. The number of aryl methyl sites for hydroxylation is 1. The number of carboxylic acids is 1. The van der Waals surface area contributed by atoms with Crippen LogP contribution in [0.25, 0.3) is 0 Å². The summed E-state index contributed by atoms with van der Waals surface area (Å²) >= 11 is 0. The number of carbonyl (C=O) groups is 2. The maximum absolute atomic E-state index is 12.4. The van der Waals surface area contributed by atoms with E-state index in [2.05, 4.69) is 0 Å². The lowest BCUT2D eigenvalue weighted by atomic mass is 10.1. The molecule has 108 valence electrons. The fourth-order valence-electron chi connectivity index (χ4n) is 2.13. The van der Waals surface area contributed by atoms with Gasteiger partial charge in [0.15, 0.2) is 0 Å². The molecule has 1 saturated carbocycles. The molecule has 1 fully saturated rings. The summed E-state index contributed by atoms with van der Waals surface area (Å²) in [5.41, 5.74) is 1.41. The number of carbonyl (C=O) groups excluding carboxylic acids is 1. The van der Waals surface area contributed by atoms with Crippen LogP contribution in [-0.2, 0) is 4.79 Å². The van der Waals surface area contributed by atoms with Gasteiger partial charge in [-0.2, -0.15) is 0 Å². The van der Waals surface area contributed by atoms with E-state index in [9.17, 15) is 9.59 Å². The van der Waals surface area contributed by atoms with Crippen molar-refractivity contribution in [2.45, 2.75) is 19.8 Å². The first-order valence-electron chi connectivity index (χ1n) is 6.67. The molecule has 0 unspecified atom stereocenters. The first-order valence-corrected chi connectivity index (χ1v) is 6.67. The fourth-order valence-corrected chi connectivity index (χ4v) is 2.13. The summed E-state index contributed by atoms with van der Waals surface area (Å²) in [5.74, 6) is -0.154. The number of benzene rings is 1. The van der Waals surface area contributed by atoms with E-state index in [-0.39, 0.29) is 12.5 Å². The van der Waals surface area contributed by atoms with E-state index in [0.717, 1.165) is 18.4 Å². The van der Waals surface area contributed by atoms with Crippen LogP contribution in [0.5, 0.6) is 5.75 Å². The Morgan fingerprint density at radius 1 is 1.40 bits per heavy atom. The van der Waals surface area contributed by atoms with Crippen LogP contribution in [0.4, 0.5) is 0 Å². The number of amides is 1. The molecular weight excluding hydrogens is 258 g/mol. The normalized spacial score (nSPS) is 13.9. The summed E-state index contributed by atoms with van der Waals surface area (Å²) in [4.78, 5) is 24.7. The monoisotopic (exact) mass is 277 g/mol. The van der Waals surface area contributed by atoms with Gasteiger partial charge in [-0.15, -0.1) is 0 Å². The van der Waals surface area contributed by atoms with E-state index < -0.39 is 5.97 Å². The van der Waals surface area contributed by atoms with Crippen molar-refractivity contribution in [3.8, 4) is 5.75 Å². The van der Waals surface area contributed by atoms with Crippen molar-refractivity contribution >= 4 is 11.9 Å². The van der Waals surface area contributed by atoms with Gasteiger partial charge >= 0.3 is 5.97 Å². The molecule has 20 heavy (non-hydrogen) atoms. The number of rotatable bonds is 6. The zero-order valence-corrected chi connectivity index (χ0v) is 11.8. The van der Waals surface area contributed by atoms with Crippen LogP contribution in [0.1, 0.15) is 28.8 Å². The lowest BCUT2D eigenvalue weighted by Crippen LogP contribution is -2.37. The first kappa shape index (κ1) is 14.4. The van der Waals surface area contributed by atoms with Crippen molar-refractivity contribution in [1.82, 2.24) is 4.90 Å². The van der Waals surface area contributed by atoms with Crippen LogP contribution in [-0.4, -0.2) is 42.1 Å². The van der Waals surface area contributed by atoms with Crippen LogP contribution < -0.4 is 4.74 Å². The van der Waals surface area contributed by atoms with Gasteiger partial charge in [0, 0.05) is 12.1 Å². The molecule has 0 saturated heterocycles. The van der Waals surface area contributed by atoms with E-state index in [0.29, 0.717) is 23.8 Å². The molecule has 0 aromatic heterocycles. The Morgan fingerprint density at radius 2 is 2.10 bits per heavy atom. The summed E-state index contributed by atoms with van der Waals surface area (Å²) in [5, 5.41) is 8.94. The Labute approximate surface area is 118 Å². The Morgan fingerprint density at radius 3 is 2.65 bits per heavy atom. The smallest absolute Gasteiger partial charge is 0.323 e. The van der Waals surface area contributed by atoms with Gasteiger partial charge in [-0.25, -0.2) is 0 Å². The van der Waals surface area contributed by atoms with E-state index in [4.69, 9.17) is 9.84 Å². The summed E-state index contributed by atoms with van der Waals surface area (Å²) < 4.78 is 5.20. The minimum atomic E-state index is -0.988. The van der Waals surface area contributed by atoms with Crippen molar-refractivity contribution in [2.75, 3.05) is 20.2 Å². The average Bonchev–Trinajstić information content (AvgIpc) is 3.21. The van der Waals surface area contributed by atoms with Gasteiger partial charge in [-0.3, -0.25) is 9.59 Å². The van der Waals surface area contributed by atoms with E-state index in [1.54, 1.807) is 19.2 Å². The van der Waals surface area contributed by atoms with Crippen LogP contribution in [0.2, 0.25) is 0 Å². The zero-order valence-electron chi connectivity index (χ0n) is 11.8. The Kier molecular flexibility index (Phi) is 4.27. The fraction of sp³-hybridized carbons (Fsp3) is 0.467. The summed E-state index contributed by atoms with van der Waals surface area (Å²) in [6.45, 7) is 2.15. The Balaban J connectivity index is 2.18. The number of carboxylic acid groups (broad SMARTS) is 1. The predicted octanol–water partition coefficient (Wildman–Crippen LogP) is 1.94. The standard InChI is InChI=1S/C15H19NO4/c1-10-3-6-12(7-13(10)20-2)15(19)16(9-14(17)18)8-11-4-5-11/h3,6-7,11H,4-5,8-9H2,1-2H3,(H,17,18). The van der Waals surface area contributed by atoms with Crippen LogP contribution in [0.3, 0.4) is 0 Å². The maximum atomic E-state index is 12.4. The highest BCUT2D eigenvalue weighted by Gasteiger charge is 2.28. The van der Waals surface area contributed by atoms with E-state index >= 15 is 0 Å². The topological polar surface area (TPSA) is 66.8 Å². The highest BCUT2D eigenvalue weighted by Crippen LogP contribution is 2.30. The number of hydrogen-bond donors (Lipinski definition) is 1. The molecule has 0 bridgehead atoms. The third-order valence-corrected chi connectivity index (χ3v) is 3.44. The Bertz CT molecular complexity index is 523. The third kappa shape index (κ3) is 3.50. The third-order valence-electron chi connectivity index (χ3n) is 3.44. The number of nitrogens with zero attached hydrogens (tertiary/aromatic N) is 1. The second-order valence-corrected chi connectivity index (χ2v) is 5.21. The van der Waals surface area contributed by atoms with E-state index in [1.165, 1.54) is 4.90 Å². The molecule has 1 amide bonds. The lowest BCUT2D eigenvalue weighted by molar-refractivity contribution is -0.137. The molecule has 1 aromatic carbocycles. The quantitative estimate of drug-likeness (QED) is 0.863. The molecule has 0 aliphatic heterocycles. The van der Waals surface area contributed by atoms with Crippen LogP contribution in [0.15, 0.2) is 18.2 Å². The first-order chi connectivity index (χ1) is 9.51. The van der Waals surface area contributed by atoms with Gasteiger partial charge in [0.2, 0.25) is 0 Å². The van der Waals surface area contributed by atoms with Crippen molar-refractivity contribution in [1.29, 1.82) is 0 Å². The van der Waals surface area contributed by atoms with Crippen molar-refractivity contribution in [3.05, 3.63) is 29.3 Å². The molecule has 1 N–H and O–H groups in total. The second-order valence-electron chi connectivity index (χ2n) is 5.21. The number of aliphatic carboxylic acids is 1. The molecule has 1 aliphatic rings. The average molecular weight is 277 g/mol. The highest BCUT2D eigenvalue weighted by molar-refractivity contribution is 5.96. The van der Waals surface area contributed by atoms with Crippen molar-refractivity contribution in [2.24, 2.45) is 5.92 Å². The van der Waals surface area contributed by atoms with Crippen molar-refractivity contribution in [3.63, 3.8) is 0 Å². The van der Waals surface area contributed by atoms with Gasteiger partial charge in [0.1, 0.15) is 12.3 Å². The predicted molar refractivity (Wildman–Crippen MR) is 74.0 cm³/mol. The second kappa shape index (κ2) is 5.94. The zero-order chi connectivity index (χ0) is 14.7. The molecule has 5 nitrogen and oxygen atoms in total. The summed E-state index contributed by atoms with van der Waals surface area (Å²) in [7, 11) is 1.55. The highest BCUT2D eigenvalue weighted by atomic mass is 16.5. The van der Waals surface area contributed by atoms with Crippen molar-refractivity contribution < 1.29 is 19.4 Å². The van der Waals surface area contributed by atoms with Gasteiger partial charge in [-0.1, -0.05) is 6.07 Å². The SMILES string of the molecule is COc1cc(C(=O)N(CC(=O)O)CC2CC2)ccc1C. The minimum absolute atomic E-state index is 0.252. The van der Waals surface area contributed by atoms with Gasteiger partial charge in [0.25, 0.3) is 5.91 Å². The lowest BCUT2D eigenvalue weighted by Gasteiger charge is -2.21. The summed E-state index contributed by atoms with van der Waals surface area (Å²) in [6, 6.07) is 5.18. The molecule has 5 heteroatoms. The molecule has 0 spiro atoms. The molecule has 2 rings (SSSR count). The molecule has 0 atom stereocenters. The molecular formula is C15H19NO4. The summed E-state index contributed by atoms with van der Waals surface area (Å²) in [6.07, 6.45) is 2.14. The molecule has 0 heterocycles. The largest absolute Gasteiger partial charge is 0.496 e. The number of ether oxygens (including phenoxy) is 1. The van der Waals surface area contributed by atoms with Gasteiger partial charge < -0.3 is 14.7 Å². The molecule has 0 radical (unpaired) electrons. The number of hydrogen-bond acceptors (Lipinski definition) is 3. The molecule has 1 aliphatic carbocycles. The van der Waals surface area contributed by atoms with E-state index in [1.807, 2.05) is 13.0 Å². The minimum Gasteiger partial charge on any atom is -0.496 e. The maximum Gasteiger partial charge on any atom is 0.323 e.